The highest BCUT2D eigenvalue weighted by molar-refractivity contribution is 7.98. The van der Waals surface area contributed by atoms with Crippen molar-refractivity contribution in [1.29, 1.82) is 0 Å². The minimum Gasteiger partial charge on any atom is -0.382 e. The van der Waals surface area contributed by atoms with E-state index >= 15 is 0 Å². The minimum absolute atomic E-state index is 0.0577. The van der Waals surface area contributed by atoms with E-state index in [4.69, 9.17) is 15.2 Å². The number of nitrogens with zero attached hydrogens (tertiary/aromatic N) is 3. The van der Waals surface area contributed by atoms with Crippen LogP contribution in [0.4, 0.5) is 5.82 Å². The number of ether oxygens (including phenoxy) is 2. The lowest BCUT2D eigenvalue weighted by Crippen LogP contribution is -2.36. The standard InChI is InChI=1S/C16H25N5O2S/c1-16(2)22-11(12(23-16)8-24-4)7-21(3)6-10-5-18-14-13(10)19-9-20-15(14)17/h5,9,11-12,18H,6-8H2,1-4H3,(H2,17,19,20)/t11-,12-/m0/s1. The largest absolute Gasteiger partial charge is 0.382 e. The summed E-state index contributed by atoms with van der Waals surface area (Å²) < 4.78 is 12.1. The number of rotatable bonds is 6. The Morgan fingerprint density at radius 1 is 1.33 bits per heavy atom. The van der Waals surface area contributed by atoms with Gasteiger partial charge in [-0.1, -0.05) is 0 Å². The van der Waals surface area contributed by atoms with Crippen LogP contribution in [0.2, 0.25) is 0 Å². The molecule has 3 heterocycles. The molecule has 24 heavy (non-hydrogen) atoms. The maximum atomic E-state index is 6.08. The number of thioether (sulfide) groups is 1. The minimum atomic E-state index is -0.519. The van der Waals surface area contributed by atoms with Crippen LogP contribution in [-0.2, 0) is 16.0 Å². The Morgan fingerprint density at radius 3 is 2.83 bits per heavy atom. The maximum absolute atomic E-state index is 6.08. The molecule has 0 bridgehead atoms. The summed E-state index contributed by atoms with van der Waals surface area (Å²) in [6, 6.07) is 0. The van der Waals surface area contributed by atoms with Gasteiger partial charge in [-0.25, -0.2) is 9.97 Å². The van der Waals surface area contributed by atoms with E-state index in [-0.39, 0.29) is 12.2 Å². The lowest BCUT2D eigenvalue weighted by molar-refractivity contribution is -0.145. The average Bonchev–Trinajstić information content (AvgIpc) is 3.02. The second-order valence-electron chi connectivity index (χ2n) is 6.66. The van der Waals surface area contributed by atoms with Crippen molar-refractivity contribution in [1.82, 2.24) is 19.9 Å². The fraction of sp³-hybridized carbons (Fsp3) is 0.625. The van der Waals surface area contributed by atoms with Crippen LogP contribution in [0.1, 0.15) is 19.4 Å². The van der Waals surface area contributed by atoms with Crippen molar-refractivity contribution in [3.05, 3.63) is 18.1 Å². The van der Waals surface area contributed by atoms with Crippen molar-refractivity contribution in [2.45, 2.75) is 38.4 Å². The van der Waals surface area contributed by atoms with Crippen molar-refractivity contribution >= 4 is 28.6 Å². The van der Waals surface area contributed by atoms with Gasteiger partial charge in [-0.15, -0.1) is 0 Å². The molecule has 7 nitrogen and oxygen atoms in total. The molecule has 2 aromatic heterocycles. The summed E-state index contributed by atoms with van der Waals surface area (Å²) in [6.45, 7) is 5.49. The lowest BCUT2D eigenvalue weighted by atomic mass is 10.2. The fourth-order valence-corrected chi connectivity index (χ4v) is 3.78. The molecule has 3 rings (SSSR count). The van der Waals surface area contributed by atoms with Gasteiger partial charge < -0.3 is 20.2 Å². The molecular weight excluding hydrogens is 326 g/mol. The van der Waals surface area contributed by atoms with Gasteiger partial charge in [0, 0.05) is 30.6 Å². The molecule has 2 atom stereocenters. The van der Waals surface area contributed by atoms with E-state index in [1.807, 2.05) is 20.0 Å². The highest BCUT2D eigenvalue weighted by Crippen LogP contribution is 2.30. The van der Waals surface area contributed by atoms with Gasteiger partial charge in [0.05, 0.1) is 11.6 Å². The van der Waals surface area contributed by atoms with Crippen molar-refractivity contribution in [2.75, 3.05) is 31.3 Å². The van der Waals surface area contributed by atoms with Gasteiger partial charge in [0.15, 0.2) is 11.6 Å². The molecule has 0 aliphatic carbocycles. The molecule has 3 N–H and O–H groups in total. The Bertz CT molecular complexity index is 705. The number of aromatic nitrogens is 3. The molecule has 0 amide bonds. The first-order valence-electron chi connectivity index (χ1n) is 7.99. The summed E-state index contributed by atoms with van der Waals surface area (Å²) in [5, 5.41) is 0. The Kier molecular flexibility index (Phi) is 5.00. The van der Waals surface area contributed by atoms with E-state index in [9.17, 15) is 0 Å². The van der Waals surface area contributed by atoms with Gasteiger partial charge >= 0.3 is 0 Å². The molecule has 0 saturated carbocycles. The molecule has 0 unspecified atom stereocenters. The Morgan fingerprint density at radius 2 is 2.08 bits per heavy atom. The molecule has 1 saturated heterocycles. The molecule has 1 aliphatic rings. The van der Waals surface area contributed by atoms with Gasteiger partial charge in [-0.2, -0.15) is 11.8 Å². The third-order valence-electron chi connectivity index (χ3n) is 4.12. The number of hydrogen-bond donors (Lipinski definition) is 2. The number of aromatic amines is 1. The van der Waals surface area contributed by atoms with Crippen LogP contribution in [0, 0.1) is 0 Å². The van der Waals surface area contributed by atoms with Gasteiger partial charge in [0.25, 0.3) is 0 Å². The van der Waals surface area contributed by atoms with E-state index < -0.39 is 5.79 Å². The summed E-state index contributed by atoms with van der Waals surface area (Å²) in [7, 11) is 2.08. The number of anilines is 1. The van der Waals surface area contributed by atoms with Crippen LogP contribution in [0.25, 0.3) is 11.0 Å². The van der Waals surface area contributed by atoms with Crippen LogP contribution in [0.15, 0.2) is 12.5 Å². The maximum Gasteiger partial charge on any atom is 0.163 e. The fourth-order valence-electron chi connectivity index (χ4n) is 3.16. The highest BCUT2D eigenvalue weighted by Gasteiger charge is 2.41. The first-order valence-corrected chi connectivity index (χ1v) is 9.38. The van der Waals surface area contributed by atoms with E-state index in [0.717, 1.165) is 35.4 Å². The smallest absolute Gasteiger partial charge is 0.163 e. The number of likely N-dealkylation sites (N-methyl/N-ethyl adjacent to an activating group) is 1. The molecule has 2 aromatic rings. The van der Waals surface area contributed by atoms with Crippen LogP contribution < -0.4 is 5.73 Å². The first-order chi connectivity index (χ1) is 11.4. The predicted molar refractivity (Wildman–Crippen MR) is 96.8 cm³/mol. The van der Waals surface area contributed by atoms with Crippen LogP contribution in [-0.4, -0.2) is 63.4 Å². The van der Waals surface area contributed by atoms with Gasteiger partial charge in [0.1, 0.15) is 17.9 Å². The zero-order chi connectivity index (χ0) is 17.3. The third-order valence-corrected chi connectivity index (χ3v) is 4.78. The zero-order valence-corrected chi connectivity index (χ0v) is 15.4. The van der Waals surface area contributed by atoms with Gasteiger partial charge in [-0.3, -0.25) is 4.90 Å². The molecule has 0 aromatic carbocycles. The lowest BCUT2D eigenvalue weighted by Gasteiger charge is -2.23. The second-order valence-corrected chi connectivity index (χ2v) is 7.57. The van der Waals surface area contributed by atoms with E-state index in [2.05, 4.69) is 33.2 Å². The second kappa shape index (κ2) is 6.87. The summed E-state index contributed by atoms with van der Waals surface area (Å²) >= 11 is 1.78. The Balaban J connectivity index is 1.68. The van der Waals surface area contributed by atoms with E-state index in [0.29, 0.717) is 5.82 Å². The Hall–Kier alpha value is -1.35. The van der Waals surface area contributed by atoms with Crippen molar-refractivity contribution in [3.8, 4) is 0 Å². The Labute approximate surface area is 146 Å². The van der Waals surface area contributed by atoms with Crippen LogP contribution in [0.3, 0.4) is 0 Å². The summed E-state index contributed by atoms with van der Waals surface area (Å²) in [4.78, 5) is 13.7. The molecule has 0 spiro atoms. The zero-order valence-electron chi connectivity index (χ0n) is 14.6. The number of nitrogens with one attached hydrogen (secondary N) is 1. The third kappa shape index (κ3) is 3.66. The number of nitrogens with two attached hydrogens (primary N) is 1. The molecular formula is C16H25N5O2S. The molecule has 8 heteroatoms. The molecule has 132 valence electrons. The van der Waals surface area contributed by atoms with Gasteiger partial charge in [0.2, 0.25) is 0 Å². The molecule has 0 radical (unpaired) electrons. The van der Waals surface area contributed by atoms with Crippen LogP contribution in [0.5, 0.6) is 0 Å². The number of nitrogen functional groups attached to an aromatic ring is 1. The molecule has 1 aliphatic heterocycles. The summed E-state index contributed by atoms with van der Waals surface area (Å²) in [6.07, 6.45) is 5.70. The topological polar surface area (TPSA) is 89.3 Å². The van der Waals surface area contributed by atoms with Crippen LogP contribution >= 0.6 is 11.8 Å². The monoisotopic (exact) mass is 351 g/mol. The molecule has 1 fully saturated rings. The average molecular weight is 351 g/mol. The first kappa shape index (κ1) is 17.5. The normalized spacial score (nSPS) is 23.4. The van der Waals surface area contributed by atoms with Crippen molar-refractivity contribution in [3.63, 3.8) is 0 Å². The van der Waals surface area contributed by atoms with Crippen molar-refractivity contribution < 1.29 is 9.47 Å². The number of H-pyrrole nitrogens is 1. The van der Waals surface area contributed by atoms with E-state index in [1.165, 1.54) is 6.33 Å². The summed E-state index contributed by atoms with van der Waals surface area (Å²) in [5.41, 5.74) is 8.65. The number of hydrogen-bond acceptors (Lipinski definition) is 7. The van der Waals surface area contributed by atoms with Crippen molar-refractivity contribution in [2.24, 2.45) is 0 Å². The van der Waals surface area contributed by atoms with Gasteiger partial charge in [-0.05, 0) is 27.2 Å². The predicted octanol–water partition coefficient (Wildman–Crippen LogP) is 1.85. The van der Waals surface area contributed by atoms with E-state index in [1.54, 1.807) is 11.8 Å². The number of fused-ring (bicyclic) bond motifs is 1. The summed E-state index contributed by atoms with van der Waals surface area (Å²) in [5.74, 6) is 0.885. The SMILES string of the molecule is CSC[C@@H]1OC(C)(C)O[C@H]1CN(C)Cc1c[nH]c2c(N)ncnc12. The quantitative estimate of drug-likeness (QED) is 0.821. The highest BCUT2D eigenvalue weighted by atomic mass is 32.2.